The highest BCUT2D eigenvalue weighted by molar-refractivity contribution is 7.21. The normalized spacial score (nSPS) is 11.7. The van der Waals surface area contributed by atoms with Gasteiger partial charge in [-0.2, -0.15) is 0 Å². The van der Waals surface area contributed by atoms with Crippen LogP contribution in [0, 0.1) is 0 Å². The lowest BCUT2D eigenvalue weighted by atomic mass is 9.95. The fourth-order valence-electron chi connectivity index (χ4n) is 7.52. The van der Waals surface area contributed by atoms with Gasteiger partial charge < -0.3 is 4.42 Å². The molecule has 0 amide bonds. The lowest BCUT2D eigenvalue weighted by Crippen LogP contribution is -2.01. The van der Waals surface area contributed by atoms with Crippen molar-refractivity contribution in [2.75, 3.05) is 0 Å². The third-order valence-electron chi connectivity index (χ3n) is 10.1. The van der Waals surface area contributed by atoms with Gasteiger partial charge in [-0.1, -0.05) is 133 Å². The third kappa shape index (κ3) is 5.15. The summed E-state index contributed by atoms with van der Waals surface area (Å²) in [5, 5.41) is 7.54. The molecule has 3 heterocycles. The predicted molar refractivity (Wildman–Crippen MR) is 222 cm³/mol. The minimum absolute atomic E-state index is 0.584. The monoisotopic (exact) mass is 708 g/mol. The first-order chi connectivity index (χ1) is 26.7. The van der Waals surface area contributed by atoms with Crippen LogP contribution in [-0.2, 0) is 0 Å². The zero-order valence-corrected chi connectivity index (χ0v) is 29.6. The van der Waals surface area contributed by atoms with E-state index in [0.29, 0.717) is 17.5 Å². The molecule has 0 aliphatic heterocycles. The molecule has 54 heavy (non-hydrogen) atoms. The molecule has 0 unspecified atom stereocenters. The fourth-order valence-corrected chi connectivity index (χ4v) is 8.51. The first-order valence-electron chi connectivity index (χ1n) is 17.9. The molecule has 0 aliphatic carbocycles. The molecule has 11 aromatic rings. The van der Waals surface area contributed by atoms with Crippen LogP contribution in [0.2, 0.25) is 0 Å². The van der Waals surface area contributed by atoms with Crippen LogP contribution in [0.4, 0.5) is 0 Å². The van der Waals surface area contributed by atoms with Gasteiger partial charge in [-0.25, -0.2) is 19.9 Å². The summed E-state index contributed by atoms with van der Waals surface area (Å²) in [5.74, 6) is 1.80. The minimum Gasteiger partial charge on any atom is -0.456 e. The summed E-state index contributed by atoms with van der Waals surface area (Å²) in [7, 11) is 0. The molecule has 8 aromatic carbocycles. The highest BCUT2D eigenvalue weighted by Crippen LogP contribution is 2.41. The van der Waals surface area contributed by atoms with Crippen molar-refractivity contribution in [3.8, 4) is 55.9 Å². The fraction of sp³-hybridized carbons (Fsp3) is 0. The van der Waals surface area contributed by atoms with Crippen molar-refractivity contribution >= 4 is 65.0 Å². The van der Waals surface area contributed by atoms with E-state index in [9.17, 15) is 0 Å². The molecule has 0 atom stereocenters. The molecular formula is C48H28N4OS. The largest absolute Gasteiger partial charge is 0.456 e. The van der Waals surface area contributed by atoms with E-state index in [0.717, 1.165) is 86.7 Å². The van der Waals surface area contributed by atoms with E-state index >= 15 is 0 Å². The molecule has 0 N–H and O–H groups in total. The van der Waals surface area contributed by atoms with Gasteiger partial charge in [0.05, 0.1) is 10.2 Å². The number of thiazole rings is 1. The maximum Gasteiger partial charge on any atom is 0.164 e. The van der Waals surface area contributed by atoms with Crippen LogP contribution in [0.1, 0.15) is 0 Å². The minimum atomic E-state index is 0.584. The molecule has 0 spiro atoms. The molecule has 0 fully saturated rings. The Labute approximate surface area is 313 Å². The van der Waals surface area contributed by atoms with Crippen molar-refractivity contribution in [1.29, 1.82) is 0 Å². The molecule has 0 bridgehead atoms. The van der Waals surface area contributed by atoms with E-state index < -0.39 is 0 Å². The Morgan fingerprint density at radius 1 is 0.389 bits per heavy atom. The summed E-state index contributed by atoms with van der Waals surface area (Å²) < 4.78 is 7.62. The second-order valence-corrected chi connectivity index (χ2v) is 14.5. The number of hydrogen-bond donors (Lipinski definition) is 0. The van der Waals surface area contributed by atoms with Crippen LogP contribution in [0.15, 0.2) is 174 Å². The molecule has 5 nitrogen and oxygen atoms in total. The lowest BCUT2D eigenvalue weighted by Gasteiger charge is -2.13. The van der Waals surface area contributed by atoms with Gasteiger partial charge in [0, 0.05) is 39.1 Å². The second-order valence-electron chi connectivity index (χ2n) is 13.5. The van der Waals surface area contributed by atoms with E-state index in [1.807, 2.05) is 36.4 Å². The number of fused-ring (bicyclic) bond motifs is 6. The molecule has 0 radical (unpaired) electrons. The number of rotatable bonds is 5. The smallest absolute Gasteiger partial charge is 0.164 e. The standard InChI is InChI=1S/C48H28N4OS/c1-3-13-30(14-4-1)38-26-35(25-33-18-9-10-19-36(33)38)46-50-45(34-23-22-29-12-7-8-17-32(29)24-34)51-47(52-46)37-20-11-21-41-44(37)39-27-43-40(28-42(39)53-41)49-48(54-43)31-15-5-2-6-16-31/h1-28H. The van der Waals surface area contributed by atoms with Crippen molar-refractivity contribution in [2.45, 2.75) is 0 Å². The molecule has 11 rings (SSSR count). The van der Waals surface area contributed by atoms with Gasteiger partial charge >= 0.3 is 0 Å². The number of hydrogen-bond acceptors (Lipinski definition) is 6. The van der Waals surface area contributed by atoms with Gasteiger partial charge in [-0.3, -0.25) is 0 Å². The molecule has 6 heteroatoms. The van der Waals surface area contributed by atoms with E-state index in [1.54, 1.807) is 11.3 Å². The molecule has 252 valence electrons. The Balaban J connectivity index is 1.15. The van der Waals surface area contributed by atoms with E-state index in [-0.39, 0.29) is 0 Å². The van der Waals surface area contributed by atoms with Crippen LogP contribution < -0.4 is 0 Å². The molecule has 3 aromatic heterocycles. The van der Waals surface area contributed by atoms with Crippen LogP contribution in [-0.4, -0.2) is 19.9 Å². The lowest BCUT2D eigenvalue weighted by molar-refractivity contribution is 0.669. The predicted octanol–water partition coefficient (Wildman–Crippen LogP) is 13.0. The van der Waals surface area contributed by atoms with Gasteiger partial charge in [0.15, 0.2) is 17.5 Å². The maximum atomic E-state index is 6.52. The van der Waals surface area contributed by atoms with Crippen molar-refractivity contribution in [2.24, 2.45) is 0 Å². The summed E-state index contributed by atoms with van der Waals surface area (Å²) in [6.07, 6.45) is 0. The number of benzene rings is 8. The number of nitrogens with zero attached hydrogens (tertiary/aromatic N) is 4. The Morgan fingerprint density at radius 2 is 1.07 bits per heavy atom. The van der Waals surface area contributed by atoms with Crippen molar-refractivity contribution in [3.05, 3.63) is 170 Å². The SMILES string of the molecule is c1ccc(-c2nc3cc4oc5cccc(-c6nc(-c7ccc8ccccc8c7)nc(-c7cc(-c8ccccc8)c8ccccc8c7)n6)c5c4cc3s2)cc1. The average Bonchev–Trinajstić information content (AvgIpc) is 3.83. The molecule has 0 aliphatic rings. The van der Waals surface area contributed by atoms with Gasteiger partial charge in [0.1, 0.15) is 16.2 Å². The number of aromatic nitrogens is 4. The summed E-state index contributed by atoms with van der Waals surface area (Å²) >= 11 is 1.69. The van der Waals surface area contributed by atoms with Gasteiger partial charge in [0.2, 0.25) is 0 Å². The first-order valence-corrected chi connectivity index (χ1v) is 18.7. The third-order valence-corrected chi connectivity index (χ3v) is 11.2. The van der Waals surface area contributed by atoms with E-state index in [1.165, 1.54) is 5.39 Å². The van der Waals surface area contributed by atoms with Gasteiger partial charge in [0.25, 0.3) is 0 Å². The number of furan rings is 1. The second kappa shape index (κ2) is 12.3. The van der Waals surface area contributed by atoms with Gasteiger partial charge in [-0.05, 0) is 63.0 Å². The Morgan fingerprint density at radius 3 is 1.91 bits per heavy atom. The van der Waals surface area contributed by atoms with Crippen LogP contribution in [0.3, 0.4) is 0 Å². The zero-order valence-electron chi connectivity index (χ0n) is 28.8. The Bertz CT molecular complexity index is 3220. The van der Waals surface area contributed by atoms with Crippen LogP contribution in [0.5, 0.6) is 0 Å². The Kier molecular flexibility index (Phi) is 6.97. The maximum absolute atomic E-state index is 6.52. The summed E-state index contributed by atoms with van der Waals surface area (Å²) in [5.41, 5.74) is 8.56. The summed E-state index contributed by atoms with van der Waals surface area (Å²) in [4.78, 5) is 20.7. The van der Waals surface area contributed by atoms with E-state index in [4.69, 9.17) is 24.4 Å². The summed E-state index contributed by atoms with van der Waals surface area (Å²) in [6, 6.07) is 58.8. The van der Waals surface area contributed by atoms with Crippen LogP contribution >= 0.6 is 11.3 Å². The van der Waals surface area contributed by atoms with Crippen molar-refractivity contribution in [3.63, 3.8) is 0 Å². The Hall–Kier alpha value is -7.02. The zero-order chi connectivity index (χ0) is 35.6. The first kappa shape index (κ1) is 30.6. The highest BCUT2D eigenvalue weighted by atomic mass is 32.1. The quantitative estimate of drug-likeness (QED) is 0.178. The average molecular weight is 709 g/mol. The highest BCUT2D eigenvalue weighted by Gasteiger charge is 2.20. The topological polar surface area (TPSA) is 64.7 Å². The van der Waals surface area contributed by atoms with E-state index in [2.05, 4.69) is 133 Å². The van der Waals surface area contributed by atoms with Crippen LogP contribution in [0.25, 0.3) is 110 Å². The van der Waals surface area contributed by atoms with Gasteiger partial charge in [-0.15, -0.1) is 11.3 Å². The molecular weight excluding hydrogens is 681 g/mol. The molecule has 0 saturated heterocycles. The van der Waals surface area contributed by atoms with Crippen molar-refractivity contribution in [1.82, 2.24) is 19.9 Å². The van der Waals surface area contributed by atoms with Crippen molar-refractivity contribution < 1.29 is 4.42 Å². The molecule has 0 saturated carbocycles. The summed E-state index contributed by atoms with van der Waals surface area (Å²) in [6.45, 7) is 0.